The lowest BCUT2D eigenvalue weighted by molar-refractivity contribution is 0.937. The maximum absolute atomic E-state index is 11.8. The number of rotatable bonds is 2. The Hall–Kier alpha value is -1.58. The van der Waals surface area contributed by atoms with E-state index in [1.807, 2.05) is 36.6 Å². The molecule has 0 bridgehead atoms. The van der Waals surface area contributed by atoms with Crippen LogP contribution >= 0.6 is 27.7 Å². The fraction of sp³-hybridized carbons (Fsp3) is 0.0833. The van der Waals surface area contributed by atoms with Crippen LogP contribution in [0.15, 0.2) is 38.7 Å². The van der Waals surface area contributed by atoms with Gasteiger partial charge in [-0.1, -0.05) is 39.8 Å². The van der Waals surface area contributed by atoms with Crippen LogP contribution in [0.25, 0.3) is 11.3 Å². The van der Waals surface area contributed by atoms with Crippen molar-refractivity contribution in [1.29, 1.82) is 5.26 Å². The average molecular weight is 322 g/mol. The van der Waals surface area contributed by atoms with Gasteiger partial charge in [-0.15, -0.1) is 0 Å². The fourth-order valence-electron chi connectivity index (χ4n) is 1.47. The van der Waals surface area contributed by atoms with E-state index in [2.05, 4.69) is 25.9 Å². The van der Waals surface area contributed by atoms with Gasteiger partial charge >= 0.3 is 0 Å². The van der Waals surface area contributed by atoms with Crippen LogP contribution in [0, 0.1) is 11.3 Å². The van der Waals surface area contributed by atoms with Crippen LogP contribution in [0.3, 0.4) is 0 Å². The molecular weight excluding hydrogens is 314 g/mol. The third-order valence-electron chi connectivity index (χ3n) is 2.32. The predicted octanol–water partition coefficient (Wildman–Crippen LogP) is 2.79. The van der Waals surface area contributed by atoms with Crippen molar-refractivity contribution >= 4 is 27.7 Å². The summed E-state index contributed by atoms with van der Waals surface area (Å²) in [7, 11) is 0. The number of hydrogen-bond acceptors (Lipinski definition) is 4. The van der Waals surface area contributed by atoms with E-state index < -0.39 is 5.56 Å². The van der Waals surface area contributed by atoms with Gasteiger partial charge in [-0.05, 0) is 18.4 Å². The number of nitriles is 1. The van der Waals surface area contributed by atoms with Gasteiger partial charge in [0, 0.05) is 10.0 Å². The van der Waals surface area contributed by atoms with Gasteiger partial charge in [0.1, 0.15) is 11.6 Å². The van der Waals surface area contributed by atoms with Crippen LogP contribution in [-0.4, -0.2) is 16.2 Å². The second-order valence-electron chi connectivity index (χ2n) is 3.42. The third-order valence-corrected chi connectivity index (χ3v) is 3.43. The SMILES string of the molecule is CSc1nc(-c2ccc(Br)cc2)c(C#N)c(=O)[nH]1. The first-order chi connectivity index (χ1) is 8.65. The van der Waals surface area contributed by atoms with Crippen molar-refractivity contribution in [2.45, 2.75) is 5.16 Å². The molecule has 18 heavy (non-hydrogen) atoms. The zero-order valence-electron chi connectivity index (χ0n) is 9.40. The molecule has 0 fully saturated rings. The minimum atomic E-state index is -0.408. The Balaban J connectivity index is 2.69. The number of aromatic nitrogens is 2. The molecule has 2 rings (SSSR count). The molecule has 0 aliphatic rings. The van der Waals surface area contributed by atoms with Crippen LogP contribution in [0.5, 0.6) is 0 Å². The van der Waals surface area contributed by atoms with Gasteiger partial charge in [0.2, 0.25) is 0 Å². The van der Waals surface area contributed by atoms with Crippen LogP contribution in [0.4, 0.5) is 0 Å². The molecule has 4 nitrogen and oxygen atoms in total. The Morgan fingerprint density at radius 2 is 2.06 bits per heavy atom. The first-order valence-electron chi connectivity index (χ1n) is 5.00. The number of hydrogen-bond donors (Lipinski definition) is 1. The van der Waals surface area contributed by atoms with Crippen molar-refractivity contribution in [3.05, 3.63) is 44.7 Å². The lowest BCUT2D eigenvalue weighted by Gasteiger charge is -2.05. The van der Waals surface area contributed by atoms with Crippen molar-refractivity contribution in [2.24, 2.45) is 0 Å². The van der Waals surface area contributed by atoms with Crippen molar-refractivity contribution < 1.29 is 0 Å². The molecule has 0 amide bonds. The molecule has 0 unspecified atom stereocenters. The molecule has 1 heterocycles. The summed E-state index contributed by atoms with van der Waals surface area (Å²) in [5.41, 5.74) is 0.791. The number of nitrogens with zero attached hydrogens (tertiary/aromatic N) is 2. The Bertz CT molecular complexity index is 673. The highest BCUT2D eigenvalue weighted by molar-refractivity contribution is 9.10. The smallest absolute Gasteiger partial charge is 0.270 e. The molecule has 1 N–H and O–H groups in total. The molecule has 0 aliphatic heterocycles. The predicted molar refractivity (Wildman–Crippen MR) is 74.5 cm³/mol. The van der Waals surface area contributed by atoms with E-state index in [-0.39, 0.29) is 5.56 Å². The van der Waals surface area contributed by atoms with Gasteiger partial charge in [0.05, 0.1) is 5.69 Å². The summed E-state index contributed by atoms with van der Waals surface area (Å²) in [6.07, 6.45) is 1.82. The van der Waals surface area contributed by atoms with Gasteiger partial charge in [0.25, 0.3) is 5.56 Å². The van der Waals surface area contributed by atoms with E-state index in [1.165, 1.54) is 11.8 Å². The van der Waals surface area contributed by atoms with E-state index in [4.69, 9.17) is 5.26 Å². The molecule has 6 heteroatoms. The molecule has 1 aromatic carbocycles. The van der Waals surface area contributed by atoms with E-state index in [0.717, 1.165) is 10.0 Å². The highest BCUT2D eigenvalue weighted by Gasteiger charge is 2.12. The van der Waals surface area contributed by atoms with Gasteiger partial charge in [-0.2, -0.15) is 5.26 Å². The molecule has 1 aromatic heterocycles. The number of nitrogens with one attached hydrogen (secondary N) is 1. The standard InChI is InChI=1S/C12H8BrN3OS/c1-18-12-15-10(9(6-14)11(17)16-12)7-2-4-8(13)5-3-7/h2-5H,1H3,(H,15,16,17). The number of H-pyrrole nitrogens is 1. The maximum Gasteiger partial charge on any atom is 0.270 e. The molecule has 0 saturated carbocycles. The monoisotopic (exact) mass is 321 g/mol. The highest BCUT2D eigenvalue weighted by Crippen LogP contribution is 2.22. The molecule has 0 saturated heterocycles. The van der Waals surface area contributed by atoms with Crippen molar-refractivity contribution in [2.75, 3.05) is 6.26 Å². The Morgan fingerprint density at radius 3 is 2.61 bits per heavy atom. The molecule has 2 aromatic rings. The maximum atomic E-state index is 11.8. The number of halogens is 1. The zero-order valence-corrected chi connectivity index (χ0v) is 11.8. The summed E-state index contributed by atoms with van der Waals surface area (Å²) >= 11 is 4.67. The zero-order chi connectivity index (χ0) is 13.1. The van der Waals surface area contributed by atoms with Crippen molar-refractivity contribution in [1.82, 2.24) is 9.97 Å². The van der Waals surface area contributed by atoms with Gasteiger partial charge < -0.3 is 4.98 Å². The Labute approximate surface area is 116 Å². The number of thioether (sulfide) groups is 1. The normalized spacial score (nSPS) is 10.1. The highest BCUT2D eigenvalue weighted by atomic mass is 79.9. The minimum absolute atomic E-state index is 0.0372. The molecule has 90 valence electrons. The summed E-state index contributed by atoms with van der Waals surface area (Å²) in [4.78, 5) is 18.6. The summed E-state index contributed by atoms with van der Waals surface area (Å²) in [5, 5.41) is 9.55. The molecule has 0 radical (unpaired) electrons. The lowest BCUT2D eigenvalue weighted by Crippen LogP contribution is -2.14. The summed E-state index contributed by atoms with van der Waals surface area (Å²) in [6, 6.07) is 9.22. The van der Waals surface area contributed by atoms with E-state index in [9.17, 15) is 4.79 Å². The summed E-state index contributed by atoms with van der Waals surface area (Å²) < 4.78 is 0.930. The van der Waals surface area contributed by atoms with Crippen LogP contribution in [-0.2, 0) is 0 Å². The van der Waals surface area contributed by atoms with E-state index in [1.54, 1.807) is 0 Å². The topological polar surface area (TPSA) is 69.5 Å². The molecule has 0 aliphatic carbocycles. The first kappa shape index (κ1) is 12.9. The summed E-state index contributed by atoms with van der Waals surface area (Å²) in [5.74, 6) is 0. The molecule has 0 atom stereocenters. The fourth-order valence-corrected chi connectivity index (χ4v) is 2.11. The molecule has 0 spiro atoms. The average Bonchev–Trinajstić information content (AvgIpc) is 2.38. The van der Waals surface area contributed by atoms with Gasteiger partial charge in [-0.3, -0.25) is 4.79 Å². The Morgan fingerprint density at radius 1 is 1.39 bits per heavy atom. The largest absolute Gasteiger partial charge is 0.300 e. The van der Waals surface area contributed by atoms with Crippen molar-refractivity contribution in [3.63, 3.8) is 0 Å². The second kappa shape index (κ2) is 5.38. The first-order valence-corrected chi connectivity index (χ1v) is 7.02. The number of aromatic amines is 1. The minimum Gasteiger partial charge on any atom is -0.300 e. The Kier molecular flexibility index (Phi) is 3.84. The van der Waals surface area contributed by atoms with Crippen molar-refractivity contribution in [3.8, 4) is 17.3 Å². The van der Waals surface area contributed by atoms with E-state index >= 15 is 0 Å². The quantitative estimate of drug-likeness (QED) is 0.682. The third kappa shape index (κ3) is 2.47. The van der Waals surface area contributed by atoms with Crippen LogP contribution in [0.1, 0.15) is 5.56 Å². The second-order valence-corrected chi connectivity index (χ2v) is 5.13. The van der Waals surface area contributed by atoms with Crippen LogP contribution < -0.4 is 5.56 Å². The van der Waals surface area contributed by atoms with Gasteiger partial charge in [0.15, 0.2) is 5.16 Å². The number of benzene rings is 1. The molecular formula is C12H8BrN3OS. The summed E-state index contributed by atoms with van der Waals surface area (Å²) in [6.45, 7) is 0. The van der Waals surface area contributed by atoms with E-state index in [0.29, 0.717) is 10.9 Å². The van der Waals surface area contributed by atoms with Crippen LogP contribution in [0.2, 0.25) is 0 Å². The lowest BCUT2D eigenvalue weighted by atomic mass is 10.1. The van der Waals surface area contributed by atoms with Gasteiger partial charge in [-0.25, -0.2) is 4.98 Å².